The number of hydrogen-bond acceptors (Lipinski definition) is 5. The van der Waals surface area contributed by atoms with Crippen LogP contribution in [0.4, 0.5) is 13.2 Å². The Kier molecular flexibility index (Phi) is 11.5. The van der Waals surface area contributed by atoms with Crippen molar-refractivity contribution in [2.75, 3.05) is 6.54 Å². The highest BCUT2D eigenvalue weighted by molar-refractivity contribution is 6.24. The molecule has 0 radical (unpaired) electrons. The predicted octanol–water partition coefficient (Wildman–Crippen LogP) is 4.26. The molecule has 3 rings (SSSR count). The summed E-state index contributed by atoms with van der Waals surface area (Å²) in [6.45, 7) is 0.237. The number of halogens is 3. The van der Waals surface area contributed by atoms with E-state index in [2.05, 4.69) is 10.6 Å². The first-order valence-electron chi connectivity index (χ1n) is 12.9. The molecule has 1 atom stereocenters. The number of unbranched alkanes of at least 4 members (excludes halogenated alkanes) is 2. The smallest absolute Gasteiger partial charge is 0.266 e. The highest BCUT2D eigenvalue weighted by Crippen LogP contribution is 2.21. The lowest BCUT2D eigenvalue weighted by Crippen LogP contribution is -2.47. The highest BCUT2D eigenvalue weighted by atomic mass is 19.2. The van der Waals surface area contributed by atoms with Gasteiger partial charge in [0.15, 0.2) is 11.6 Å². The van der Waals surface area contributed by atoms with Crippen molar-refractivity contribution in [3.8, 4) is 5.75 Å². The Balaban J connectivity index is 1.50. The number of phenols is 1. The summed E-state index contributed by atoms with van der Waals surface area (Å²) < 4.78 is 40.6. The zero-order chi connectivity index (χ0) is 29.8. The van der Waals surface area contributed by atoms with Gasteiger partial charge in [0.1, 0.15) is 17.6 Å². The molecular formula is C30H30F3N3O5. The Hall–Kier alpha value is -4.64. The van der Waals surface area contributed by atoms with E-state index >= 15 is 0 Å². The monoisotopic (exact) mass is 569 g/mol. The van der Waals surface area contributed by atoms with Crippen LogP contribution in [-0.4, -0.2) is 40.6 Å². The Labute approximate surface area is 234 Å². The molecule has 41 heavy (non-hydrogen) atoms. The summed E-state index contributed by atoms with van der Waals surface area (Å²) in [5.41, 5.74) is 2.91. The standard InChI is InChI=1S/C30H30F3N3O5/c31-22-10-5-19(6-11-22)16-24(21-9-14-25(32)26(33)18-21)29(39)34-15-3-1-2-4-28(38)35-27(30(40)36-41)17-20-7-12-23(37)13-8-20/h5-14,16,18,27,37,41H,1-4,15,17H2,(H,34,39)(H,35,38)(H,36,40). The summed E-state index contributed by atoms with van der Waals surface area (Å²) in [6.07, 6.45) is 3.18. The number of hydrogen-bond donors (Lipinski definition) is 5. The number of rotatable bonds is 13. The van der Waals surface area contributed by atoms with E-state index in [1.807, 2.05) is 0 Å². The summed E-state index contributed by atoms with van der Waals surface area (Å²) in [4.78, 5) is 37.3. The number of benzene rings is 3. The minimum absolute atomic E-state index is 0.0570. The lowest BCUT2D eigenvalue weighted by atomic mass is 10.0. The molecule has 0 aromatic heterocycles. The number of amides is 3. The Morgan fingerprint density at radius 3 is 2.22 bits per heavy atom. The second-order valence-corrected chi connectivity index (χ2v) is 9.27. The molecule has 0 heterocycles. The van der Waals surface area contributed by atoms with E-state index in [1.165, 1.54) is 54.0 Å². The van der Waals surface area contributed by atoms with E-state index in [1.54, 1.807) is 12.1 Å². The van der Waals surface area contributed by atoms with Crippen molar-refractivity contribution in [2.24, 2.45) is 0 Å². The van der Waals surface area contributed by atoms with Crippen LogP contribution in [0.3, 0.4) is 0 Å². The third kappa shape index (κ3) is 9.80. The van der Waals surface area contributed by atoms with E-state index in [-0.39, 0.29) is 36.3 Å². The van der Waals surface area contributed by atoms with Crippen molar-refractivity contribution in [2.45, 2.75) is 38.1 Å². The van der Waals surface area contributed by atoms with E-state index in [9.17, 15) is 32.7 Å². The molecule has 8 nitrogen and oxygen atoms in total. The average molecular weight is 570 g/mol. The van der Waals surface area contributed by atoms with Gasteiger partial charge in [-0.1, -0.05) is 36.8 Å². The molecule has 0 aliphatic rings. The Bertz CT molecular complexity index is 1380. The normalized spacial score (nSPS) is 12.0. The van der Waals surface area contributed by atoms with Gasteiger partial charge in [-0.25, -0.2) is 18.7 Å². The molecule has 11 heteroatoms. The maximum Gasteiger partial charge on any atom is 0.266 e. The molecule has 0 aliphatic heterocycles. The molecule has 3 aromatic rings. The van der Waals surface area contributed by atoms with Gasteiger partial charge in [0.05, 0.1) is 0 Å². The van der Waals surface area contributed by atoms with Gasteiger partial charge >= 0.3 is 0 Å². The first-order chi connectivity index (χ1) is 19.7. The fourth-order valence-corrected chi connectivity index (χ4v) is 3.98. The van der Waals surface area contributed by atoms with Crippen LogP contribution in [0.1, 0.15) is 42.4 Å². The fraction of sp³-hybridized carbons (Fsp3) is 0.233. The van der Waals surface area contributed by atoms with Crippen molar-refractivity contribution in [1.82, 2.24) is 16.1 Å². The summed E-state index contributed by atoms with van der Waals surface area (Å²) in [5.74, 6) is -4.28. The quantitative estimate of drug-likeness (QED) is 0.0691. The van der Waals surface area contributed by atoms with E-state index < -0.39 is 41.2 Å². The van der Waals surface area contributed by atoms with Crippen molar-refractivity contribution < 1.29 is 37.9 Å². The zero-order valence-electron chi connectivity index (χ0n) is 22.0. The number of carbonyl (C=O) groups is 3. The van der Waals surface area contributed by atoms with Crippen LogP contribution in [0.15, 0.2) is 66.7 Å². The van der Waals surface area contributed by atoms with Crippen molar-refractivity contribution in [3.63, 3.8) is 0 Å². The highest BCUT2D eigenvalue weighted by Gasteiger charge is 2.21. The molecule has 0 saturated carbocycles. The summed E-state index contributed by atoms with van der Waals surface area (Å²) >= 11 is 0. The number of phenolic OH excluding ortho intramolecular Hbond substituents is 1. The Morgan fingerprint density at radius 2 is 1.56 bits per heavy atom. The molecule has 3 amide bonds. The predicted molar refractivity (Wildman–Crippen MR) is 146 cm³/mol. The number of hydroxylamine groups is 1. The number of carbonyl (C=O) groups excluding carboxylic acids is 3. The third-order valence-electron chi connectivity index (χ3n) is 6.16. The molecule has 0 saturated heterocycles. The van der Waals surface area contributed by atoms with Crippen LogP contribution in [-0.2, 0) is 20.8 Å². The van der Waals surface area contributed by atoms with Gasteiger partial charge in [0.25, 0.3) is 11.8 Å². The van der Waals surface area contributed by atoms with Crippen LogP contribution in [0.25, 0.3) is 11.6 Å². The Morgan fingerprint density at radius 1 is 0.854 bits per heavy atom. The van der Waals surface area contributed by atoms with Crippen molar-refractivity contribution >= 4 is 29.4 Å². The third-order valence-corrected chi connectivity index (χ3v) is 6.16. The van der Waals surface area contributed by atoms with Crippen LogP contribution >= 0.6 is 0 Å². The van der Waals surface area contributed by atoms with Gasteiger partial charge in [0, 0.05) is 25.0 Å². The van der Waals surface area contributed by atoms with Crippen LogP contribution in [0.5, 0.6) is 5.75 Å². The van der Waals surface area contributed by atoms with Gasteiger partial charge in [-0.3, -0.25) is 19.6 Å². The molecule has 0 aliphatic carbocycles. The van der Waals surface area contributed by atoms with Crippen LogP contribution < -0.4 is 16.1 Å². The van der Waals surface area contributed by atoms with Gasteiger partial charge in [-0.15, -0.1) is 0 Å². The first-order valence-corrected chi connectivity index (χ1v) is 12.9. The van der Waals surface area contributed by atoms with Crippen molar-refractivity contribution in [1.29, 1.82) is 0 Å². The molecule has 1 unspecified atom stereocenters. The van der Waals surface area contributed by atoms with Crippen molar-refractivity contribution in [3.05, 3.63) is 101 Å². The molecular weight excluding hydrogens is 539 g/mol. The zero-order valence-corrected chi connectivity index (χ0v) is 22.0. The van der Waals surface area contributed by atoms with Gasteiger partial charge in [0.2, 0.25) is 5.91 Å². The topological polar surface area (TPSA) is 128 Å². The average Bonchev–Trinajstić information content (AvgIpc) is 2.96. The molecule has 5 N–H and O–H groups in total. The summed E-state index contributed by atoms with van der Waals surface area (Å²) in [7, 11) is 0. The van der Waals surface area contributed by atoms with Crippen LogP contribution in [0, 0.1) is 17.5 Å². The SMILES string of the molecule is O=C(CCCCCNC(=O)C(=Cc1ccc(F)cc1)c1ccc(F)c(F)c1)NC(Cc1ccc(O)cc1)C(=O)NO. The molecule has 216 valence electrons. The number of nitrogens with one attached hydrogen (secondary N) is 3. The second kappa shape index (κ2) is 15.2. The van der Waals surface area contributed by atoms with E-state index in [0.29, 0.717) is 30.4 Å². The van der Waals surface area contributed by atoms with E-state index in [0.717, 1.165) is 12.1 Å². The molecule has 0 spiro atoms. The number of aromatic hydroxyl groups is 1. The maximum atomic E-state index is 13.9. The largest absolute Gasteiger partial charge is 0.508 e. The summed E-state index contributed by atoms with van der Waals surface area (Å²) in [6, 6.07) is 13.5. The molecule has 0 bridgehead atoms. The van der Waals surface area contributed by atoms with Gasteiger partial charge in [-0.2, -0.15) is 0 Å². The second-order valence-electron chi connectivity index (χ2n) is 9.27. The maximum absolute atomic E-state index is 13.9. The first kappa shape index (κ1) is 30.9. The minimum atomic E-state index is -1.11. The molecule has 3 aromatic carbocycles. The molecule has 0 fully saturated rings. The lowest BCUT2D eigenvalue weighted by Gasteiger charge is -2.17. The summed E-state index contributed by atoms with van der Waals surface area (Å²) in [5, 5.41) is 23.7. The van der Waals surface area contributed by atoms with Crippen LogP contribution in [0.2, 0.25) is 0 Å². The lowest BCUT2D eigenvalue weighted by molar-refractivity contribution is -0.134. The van der Waals surface area contributed by atoms with Gasteiger partial charge < -0.3 is 15.7 Å². The minimum Gasteiger partial charge on any atom is -0.508 e. The van der Waals surface area contributed by atoms with E-state index in [4.69, 9.17) is 5.21 Å². The van der Waals surface area contributed by atoms with Gasteiger partial charge in [-0.05, 0) is 72.0 Å². The fourth-order valence-electron chi connectivity index (χ4n) is 3.98.